The van der Waals surface area contributed by atoms with Gasteiger partial charge in [-0.15, -0.1) is 0 Å². The maximum Gasteiger partial charge on any atom is 0.306 e. The lowest BCUT2D eigenvalue weighted by Crippen LogP contribution is -2.86. The average Bonchev–Trinajstić information content (AvgIpc) is 4.01. The molecule has 1 aromatic heterocycles. The smallest absolute Gasteiger partial charge is 0.306 e. The predicted octanol–water partition coefficient (Wildman–Crippen LogP) is 5.58. The quantitative estimate of drug-likeness (QED) is 0.111. The molecule has 7 aliphatic rings. The number of benzene rings is 1. The van der Waals surface area contributed by atoms with Gasteiger partial charge in [-0.05, 0) is 106 Å². The molecule has 4 aliphatic carbocycles. The number of carbonyl (C=O) groups is 1. The van der Waals surface area contributed by atoms with Crippen LogP contribution in [0.15, 0.2) is 35.0 Å². The molecular formula is C47H67NO12S2. The maximum absolute atomic E-state index is 13.4. The number of esters is 1. The molecule has 0 amide bonds. The Morgan fingerprint density at radius 2 is 1.84 bits per heavy atom. The van der Waals surface area contributed by atoms with Crippen LogP contribution in [0.2, 0.25) is 0 Å². The van der Waals surface area contributed by atoms with Crippen LogP contribution < -0.4 is 14.8 Å². The molecule has 3 aliphatic heterocycles. The minimum Gasteiger partial charge on any atom is -0.485 e. The highest BCUT2D eigenvalue weighted by Crippen LogP contribution is 2.65. The van der Waals surface area contributed by atoms with Crippen molar-refractivity contribution < 1.29 is 58.8 Å². The molecular weight excluding hydrogens is 835 g/mol. The molecule has 5 bridgehead atoms. The third-order valence-electron chi connectivity index (χ3n) is 16.3. The Labute approximate surface area is 372 Å². The number of aliphatic hydroxyl groups excluding tert-OH is 4. The van der Waals surface area contributed by atoms with Gasteiger partial charge in [-0.1, -0.05) is 66.3 Å². The molecule has 13 nitrogen and oxygen atoms in total. The molecule has 2 saturated heterocycles. The van der Waals surface area contributed by atoms with E-state index in [0.717, 1.165) is 38.5 Å². The fourth-order valence-corrected chi connectivity index (χ4v) is 17.1. The number of hydrogen-bond donors (Lipinski definition) is 7. The highest BCUT2D eigenvalue weighted by Gasteiger charge is 2.78. The summed E-state index contributed by atoms with van der Waals surface area (Å²) in [5.41, 5.74) is -5.32. The van der Waals surface area contributed by atoms with Crippen LogP contribution in [0.25, 0.3) is 11.0 Å². The van der Waals surface area contributed by atoms with Crippen molar-refractivity contribution in [3.8, 4) is 11.5 Å². The molecule has 0 unspecified atom stereocenters. The van der Waals surface area contributed by atoms with Crippen molar-refractivity contribution in [2.45, 2.75) is 162 Å². The number of rotatable bonds is 5. The maximum atomic E-state index is 13.4. The van der Waals surface area contributed by atoms with Crippen molar-refractivity contribution in [1.82, 2.24) is 5.32 Å². The van der Waals surface area contributed by atoms with Crippen molar-refractivity contribution in [3.63, 3.8) is 0 Å². The summed E-state index contributed by atoms with van der Waals surface area (Å²) in [7, 11) is 3.40. The normalized spacial score (nSPS) is 42.0. The standard InChI is InChI=1S/C47H67NO12S2/c1-3-56-36(52)14-11-29-23-30-15-21-57-38(30)40-39(29)59-42-47(55)37-31(10-12-33(50)32(37)25-49)24-45(54,41(47)53)46(60-42)27-61-62-44(19-18-43(26-44)16-4-5-17-43)34(48-20-22-58-40)13-9-28(2)7-6-8-35(46)51/h10,12,15,21,23,28,31-35,37,41-42,48-51,53-55H,3-9,11,13-14,16-20,22,24-27H2,1-2H3/t28-,31-,32-,33-,34-,35+,37-,41-,42+,44+,45-,46+,47+/m0/s1. The predicted molar refractivity (Wildman–Crippen MR) is 236 cm³/mol. The summed E-state index contributed by atoms with van der Waals surface area (Å²) in [6.45, 7) is 4.45. The molecule has 62 heavy (non-hydrogen) atoms. The van der Waals surface area contributed by atoms with Crippen molar-refractivity contribution in [2.75, 3.05) is 32.1 Å². The Hall–Kier alpha value is -2.05. The number of aliphatic hydroxyl groups is 6. The first-order chi connectivity index (χ1) is 29.8. The van der Waals surface area contributed by atoms with Crippen LogP contribution in [0.4, 0.5) is 0 Å². The van der Waals surface area contributed by atoms with E-state index in [1.807, 2.05) is 16.9 Å². The molecule has 1 aromatic carbocycles. The minimum atomic E-state index is -2.44. The number of ether oxygens (including phenoxy) is 4. The van der Waals surface area contributed by atoms with Crippen LogP contribution in [-0.4, -0.2) is 121 Å². The number of fused-ring (bicyclic) bond motifs is 11. The third kappa shape index (κ3) is 7.53. The van der Waals surface area contributed by atoms with Crippen LogP contribution in [0.5, 0.6) is 11.5 Å². The summed E-state index contributed by atoms with van der Waals surface area (Å²) in [4.78, 5) is 12.9. The Morgan fingerprint density at radius 1 is 1.02 bits per heavy atom. The van der Waals surface area contributed by atoms with E-state index >= 15 is 0 Å². The molecule has 13 atom stereocenters. The Morgan fingerprint density at radius 3 is 2.63 bits per heavy atom. The lowest BCUT2D eigenvalue weighted by Gasteiger charge is -2.67. The number of carbonyl (C=O) groups excluding carboxylic acids is 1. The monoisotopic (exact) mass is 901 g/mol. The van der Waals surface area contributed by atoms with Gasteiger partial charge in [0.05, 0.1) is 25.1 Å². The van der Waals surface area contributed by atoms with Gasteiger partial charge in [-0.25, -0.2) is 0 Å². The highest BCUT2D eigenvalue weighted by molar-refractivity contribution is 8.77. The van der Waals surface area contributed by atoms with Crippen molar-refractivity contribution >= 4 is 38.5 Å². The summed E-state index contributed by atoms with van der Waals surface area (Å²) in [6.07, 6.45) is 10.6. The van der Waals surface area contributed by atoms with E-state index in [1.54, 1.807) is 42.2 Å². The van der Waals surface area contributed by atoms with E-state index in [9.17, 15) is 35.4 Å². The lowest BCUT2D eigenvalue weighted by atomic mass is 9.50. The van der Waals surface area contributed by atoms with Gasteiger partial charge in [0.25, 0.3) is 0 Å². The zero-order chi connectivity index (χ0) is 43.5. The van der Waals surface area contributed by atoms with Gasteiger partial charge >= 0.3 is 5.97 Å². The second-order valence-electron chi connectivity index (χ2n) is 19.9. The Bertz CT molecular complexity index is 1960. The minimum absolute atomic E-state index is 0.00118. The topological polar surface area (TPSA) is 201 Å². The summed E-state index contributed by atoms with van der Waals surface area (Å²) in [6, 6.07) is 3.77. The molecule has 2 aromatic rings. The van der Waals surface area contributed by atoms with Gasteiger partial charge in [0.1, 0.15) is 23.9 Å². The lowest BCUT2D eigenvalue weighted by molar-refractivity contribution is -0.424. The molecule has 9 rings (SSSR count). The second-order valence-corrected chi connectivity index (χ2v) is 22.6. The second kappa shape index (κ2) is 17.6. The van der Waals surface area contributed by atoms with E-state index in [4.69, 9.17) is 23.4 Å². The number of allylic oxidation sites excluding steroid dienone is 1. The molecule has 3 spiro atoms. The molecule has 5 fully saturated rings. The van der Waals surface area contributed by atoms with Gasteiger partial charge < -0.3 is 59.3 Å². The van der Waals surface area contributed by atoms with E-state index in [1.165, 1.54) is 25.7 Å². The zero-order valence-corrected chi connectivity index (χ0v) is 37.8. The van der Waals surface area contributed by atoms with Gasteiger partial charge in [0.15, 0.2) is 16.9 Å². The van der Waals surface area contributed by atoms with Crippen LogP contribution in [-0.2, 0) is 20.7 Å². The number of nitrogens with one attached hydrogen (secondary N) is 1. The fraction of sp³-hybridized carbons (Fsp3) is 0.766. The van der Waals surface area contributed by atoms with E-state index in [-0.39, 0.29) is 72.4 Å². The van der Waals surface area contributed by atoms with Crippen LogP contribution >= 0.6 is 21.6 Å². The first-order valence-electron chi connectivity index (χ1n) is 23.3. The molecule has 344 valence electrons. The van der Waals surface area contributed by atoms with Crippen LogP contribution in [0.3, 0.4) is 0 Å². The van der Waals surface area contributed by atoms with Gasteiger partial charge in [-0.2, -0.15) is 0 Å². The largest absolute Gasteiger partial charge is 0.485 e. The third-order valence-corrected chi connectivity index (χ3v) is 19.7. The zero-order valence-electron chi connectivity index (χ0n) is 36.2. The summed E-state index contributed by atoms with van der Waals surface area (Å²) in [5.74, 6) is -2.28. The van der Waals surface area contributed by atoms with Crippen molar-refractivity contribution in [3.05, 3.63) is 36.1 Å². The van der Waals surface area contributed by atoms with Crippen molar-refractivity contribution in [2.24, 2.45) is 29.1 Å². The summed E-state index contributed by atoms with van der Waals surface area (Å²) >= 11 is 0. The Kier molecular flexibility index (Phi) is 12.8. The summed E-state index contributed by atoms with van der Waals surface area (Å²) in [5, 5.41) is 79.3. The van der Waals surface area contributed by atoms with Crippen LogP contribution in [0, 0.1) is 29.1 Å². The molecule has 4 heterocycles. The summed E-state index contributed by atoms with van der Waals surface area (Å²) < 4.78 is 32.2. The highest BCUT2D eigenvalue weighted by atomic mass is 33.1. The number of furan rings is 1. The van der Waals surface area contributed by atoms with E-state index < -0.39 is 71.7 Å². The molecule has 0 radical (unpaired) electrons. The molecule has 7 N–H and O–H groups in total. The van der Waals surface area contributed by atoms with Gasteiger partial charge in [0.2, 0.25) is 12.0 Å². The fourth-order valence-electron chi connectivity index (χ4n) is 13.1. The first kappa shape index (κ1) is 45.1. The van der Waals surface area contributed by atoms with Crippen LogP contribution in [0.1, 0.15) is 109 Å². The first-order valence-corrected chi connectivity index (χ1v) is 25.6. The Balaban J connectivity index is 1.24. The number of hydrogen-bond acceptors (Lipinski definition) is 15. The van der Waals surface area contributed by atoms with Gasteiger partial charge in [-0.3, -0.25) is 4.79 Å². The average molecular weight is 902 g/mol. The number of aryl methyl sites for hydroxylation is 1. The SMILES string of the molecule is CCOC(=O)CCc1cc2ccoc2c2c1O[C@@H]1O[C@@]3(CSS[C@@]4(CCC5(CCCC5)C4)[C@H](CC[C@@H](C)CCC[C@H]3O)NCCO2)[C@]2(O)C[C@@H]3C=C[C@H](O)[C@H](CO)[C@H]3[C@@]1(O)[C@H]2O. The molecule has 3 saturated carbocycles. The van der Waals surface area contributed by atoms with Gasteiger partial charge in [0, 0.05) is 53.3 Å². The van der Waals surface area contributed by atoms with E-state index in [0.29, 0.717) is 35.4 Å². The molecule has 15 heteroatoms. The van der Waals surface area contributed by atoms with E-state index in [2.05, 4.69) is 12.2 Å². The van der Waals surface area contributed by atoms with Crippen molar-refractivity contribution in [1.29, 1.82) is 0 Å².